The van der Waals surface area contributed by atoms with Crippen molar-refractivity contribution in [2.45, 2.75) is 13.8 Å². The van der Waals surface area contributed by atoms with Gasteiger partial charge in [-0.1, -0.05) is 17.7 Å². The van der Waals surface area contributed by atoms with Crippen LogP contribution in [0.15, 0.2) is 24.3 Å². The maximum Gasteiger partial charge on any atom is 0.340 e. The van der Waals surface area contributed by atoms with Crippen LogP contribution >= 0.6 is 11.6 Å². The first kappa shape index (κ1) is 22.8. The van der Waals surface area contributed by atoms with E-state index >= 15 is 0 Å². The molecule has 1 aliphatic heterocycles. The predicted molar refractivity (Wildman–Crippen MR) is 116 cm³/mol. The molecule has 1 fully saturated rings. The molecule has 0 saturated carbocycles. The van der Waals surface area contributed by atoms with Crippen molar-refractivity contribution < 1.29 is 23.9 Å². The van der Waals surface area contributed by atoms with Crippen LogP contribution in [0.4, 0.5) is 0 Å². The van der Waals surface area contributed by atoms with E-state index in [1.54, 1.807) is 47.9 Å². The normalized spacial score (nSPS) is 13.9. The maximum absolute atomic E-state index is 13.1. The van der Waals surface area contributed by atoms with E-state index in [9.17, 15) is 14.4 Å². The van der Waals surface area contributed by atoms with Gasteiger partial charge in [-0.3, -0.25) is 9.59 Å². The Morgan fingerprint density at radius 1 is 1.03 bits per heavy atom. The van der Waals surface area contributed by atoms with Crippen molar-refractivity contribution in [3.05, 3.63) is 57.4 Å². The lowest BCUT2D eigenvalue weighted by molar-refractivity contribution is 0.0386. The second kappa shape index (κ2) is 9.98. The SMILES string of the molecule is COCCOC(=O)c1c(C)[nH]c(C(=O)N2CCN(C(=O)c3cccc(Cl)c3)CC2)c1C. The van der Waals surface area contributed by atoms with Crippen LogP contribution < -0.4 is 0 Å². The van der Waals surface area contributed by atoms with Gasteiger partial charge in [0.2, 0.25) is 0 Å². The highest BCUT2D eigenvalue weighted by molar-refractivity contribution is 6.30. The van der Waals surface area contributed by atoms with Gasteiger partial charge in [-0.25, -0.2) is 4.79 Å². The number of esters is 1. The van der Waals surface area contributed by atoms with Crippen LogP contribution in [0, 0.1) is 13.8 Å². The number of methoxy groups -OCH3 is 1. The number of halogens is 1. The predicted octanol–water partition coefficient (Wildman–Crippen LogP) is 2.69. The summed E-state index contributed by atoms with van der Waals surface area (Å²) < 4.78 is 10.1. The summed E-state index contributed by atoms with van der Waals surface area (Å²) in [4.78, 5) is 44.5. The highest BCUT2D eigenvalue weighted by Crippen LogP contribution is 2.21. The summed E-state index contributed by atoms with van der Waals surface area (Å²) in [6, 6.07) is 6.82. The molecule has 0 bridgehead atoms. The molecule has 0 aliphatic carbocycles. The number of nitrogens with zero attached hydrogens (tertiary/aromatic N) is 2. The van der Waals surface area contributed by atoms with Crippen LogP contribution in [0.2, 0.25) is 5.02 Å². The molecule has 0 spiro atoms. The fraction of sp³-hybridized carbons (Fsp3) is 0.409. The summed E-state index contributed by atoms with van der Waals surface area (Å²) in [6.45, 7) is 5.54. The minimum absolute atomic E-state index is 0.109. The molecule has 2 amide bonds. The molecule has 8 nitrogen and oxygen atoms in total. The Balaban J connectivity index is 1.65. The van der Waals surface area contributed by atoms with E-state index in [0.717, 1.165) is 0 Å². The smallest absolute Gasteiger partial charge is 0.340 e. The number of hydrogen-bond acceptors (Lipinski definition) is 5. The Labute approximate surface area is 186 Å². The van der Waals surface area contributed by atoms with Crippen molar-refractivity contribution in [1.82, 2.24) is 14.8 Å². The summed E-state index contributed by atoms with van der Waals surface area (Å²) in [5, 5.41) is 0.508. The Morgan fingerprint density at radius 2 is 1.68 bits per heavy atom. The third-order valence-electron chi connectivity index (χ3n) is 5.30. The van der Waals surface area contributed by atoms with Crippen LogP contribution in [-0.2, 0) is 9.47 Å². The Bertz CT molecular complexity index is 980. The maximum atomic E-state index is 13.1. The highest BCUT2D eigenvalue weighted by atomic mass is 35.5. The Kier molecular flexibility index (Phi) is 7.35. The van der Waals surface area contributed by atoms with Crippen LogP contribution in [0.1, 0.15) is 42.5 Å². The zero-order chi connectivity index (χ0) is 22.5. The molecule has 166 valence electrons. The number of rotatable bonds is 6. The number of hydrogen-bond donors (Lipinski definition) is 1. The number of aromatic nitrogens is 1. The number of carbonyl (C=O) groups excluding carboxylic acids is 3. The number of ether oxygens (including phenoxy) is 2. The molecule has 2 heterocycles. The van der Waals surface area contributed by atoms with Crippen molar-refractivity contribution in [1.29, 1.82) is 0 Å². The molecule has 9 heteroatoms. The third kappa shape index (κ3) is 5.08. The van der Waals surface area contributed by atoms with E-state index in [1.807, 2.05) is 0 Å². The number of carbonyl (C=O) groups is 3. The van der Waals surface area contributed by atoms with Crippen molar-refractivity contribution in [3.63, 3.8) is 0 Å². The van der Waals surface area contributed by atoms with Crippen molar-refractivity contribution in [3.8, 4) is 0 Å². The average Bonchev–Trinajstić information content (AvgIpc) is 3.07. The first-order valence-corrected chi connectivity index (χ1v) is 10.4. The zero-order valence-electron chi connectivity index (χ0n) is 17.9. The second-order valence-corrected chi connectivity index (χ2v) is 7.78. The molecule has 2 aromatic rings. The van der Waals surface area contributed by atoms with Gasteiger partial charge in [0.25, 0.3) is 11.8 Å². The van der Waals surface area contributed by atoms with E-state index in [0.29, 0.717) is 65.9 Å². The molecule has 1 aliphatic rings. The van der Waals surface area contributed by atoms with Crippen LogP contribution in [0.3, 0.4) is 0 Å². The number of aryl methyl sites for hydroxylation is 1. The van der Waals surface area contributed by atoms with Gasteiger partial charge in [-0.15, -0.1) is 0 Å². The summed E-state index contributed by atoms with van der Waals surface area (Å²) in [5.41, 5.74) is 2.40. The van der Waals surface area contributed by atoms with E-state index in [2.05, 4.69) is 4.98 Å². The van der Waals surface area contributed by atoms with Gasteiger partial charge >= 0.3 is 5.97 Å². The van der Waals surface area contributed by atoms with Crippen LogP contribution in [0.25, 0.3) is 0 Å². The van der Waals surface area contributed by atoms with E-state index < -0.39 is 5.97 Å². The van der Waals surface area contributed by atoms with E-state index in [4.69, 9.17) is 21.1 Å². The first-order valence-electron chi connectivity index (χ1n) is 10.0. The molecular weight excluding hydrogens is 422 g/mol. The molecule has 1 saturated heterocycles. The molecule has 0 radical (unpaired) electrons. The fourth-order valence-electron chi connectivity index (χ4n) is 3.63. The van der Waals surface area contributed by atoms with Gasteiger partial charge < -0.3 is 24.3 Å². The monoisotopic (exact) mass is 447 g/mol. The quantitative estimate of drug-likeness (QED) is 0.543. The molecule has 31 heavy (non-hydrogen) atoms. The third-order valence-corrected chi connectivity index (χ3v) is 5.54. The molecule has 1 aromatic heterocycles. The van der Waals surface area contributed by atoms with Gasteiger partial charge in [0.1, 0.15) is 12.3 Å². The summed E-state index contributed by atoms with van der Waals surface area (Å²) in [5.74, 6) is -0.798. The Morgan fingerprint density at radius 3 is 2.29 bits per heavy atom. The lowest BCUT2D eigenvalue weighted by Crippen LogP contribution is -2.50. The van der Waals surface area contributed by atoms with Crippen LogP contribution in [0.5, 0.6) is 0 Å². The first-order chi connectivity index (χ1) is 14.8. The number of benzene rings is 1. The van der Waals surface area contributed by atoms with Gasteiger partial charge in [-0.05, 0) is 37.6 Å². The fourth-order valence-corrected chi connectivity index (χ4v) is 3.83. The van der Waals surface area contributed by atoms with Crippen molar-refractivity contribution in [2.75, 3.05) is 46.5 Å². The second-order valence-electron chi connectivity index (χ2n) is 7.35. The number of piperazine rings is 1. The number of nitrogens with one attached hydrogen (secondary N) is 1. The van der Waals surface area contributed by atoms with Crippen molar-refractivity contribution >= 4 is 29.4 Å². The number of aromatic amines is 1. The lowest BCUT2D eigenvalue weighted by atomic mass is 10.1. The van der Waals surface area contributed by atoms with Gasteiger partial charge in [-0.2, -0.15) is 0 Å². The summed E-state index contributed by atoms with van der Waals surface area (Å²) in [7, 11) is 1.53. The molecular formula is C22H26ClN3O5. The largest absolute Gasteiger partial charge is 0.460 e. The van der Waals surface area contributed by atoms with E-state index in [-0.39, 0.29) is 18.4 Å². The van der Waals surface area contributed by atoms with Gasteiger partial charge in [0.05, 0.1) is 12.2 Å². The zero-order valence-corrected chi connectivity index (χ0v) is 18.6. The van der Waals surface area contributed by atoms with E-state index in [1.165, 1.54) is 7.11 Å². The average molecular weight is 448 g/mol. The summed E-state index contributed by atoms with van der Waals surface area (Å²) >= 11 is 5.98. The molecule has 3 rings (SSSR count). The van der Waals surface area contributed by atoms with Gasteiger partial charge in [0.15, 0.2) is 0 Å². The summed E-state index contributed by atoms with van der Waals surface area (Å²) in [6.07, 6.45) is 0. The molecule has 1 N–H and O–H groups in total. The minimum atomic E-state index is -0.487. The lowest BCUT2D eigenvalue weighted by Gasteiger charge is -2.34. The molecule has 0 unspecified atom stereocenters. The highest BCUT2D eigenvalue weighted by Gasteiger charge is 2.29. The Hall–Kier alpha value is -2.84. The van der Waals surface area contributed by atoms with Crippen LogP contribution in [-0.4, -0.2) is 79.1 Å². The standard InChI is InChI=1S/C22H26ClN3O5/c1-14-18(22(29)31-12-11-30-3)15(2)24-19(14)21(28)26-9-7-25(8-10-26)20(27)16-5-4-6-17(23)13-16/h4-6,13,24H,7-12H2,1-3H3. The number of H-pyrrole nitrogens is 1. The van der Waals surface area contributed by atoms with Crippen molar-refractivity contribution in [2.24, 2.45) is 0 Å². The minimum Gasteiger partial charge on any atom is -0.460 e. The molecule has 0 atom stereocenters. The molecule has 1 aromatic carbocycles. The topological polar surface area (TPSA) is 91.9 Å². The van der Waals surface area contributed by atoms with Gasteiger partial charge in [0, 0.05) is 49.6 Å². The number of amides is 2.